The van der Waals surface area contributed by atoms with Crippen molar-refractivity contribution in [3.8, 4) is 0 Å². The van der Waals surface area contributed by atoms with Gasteiger partial charge in [0, 0.05) is 14.2 Å². The van der Waals surface area contributed by atoms with Gasteiger partial charge in [0.15, 0.2) is 0 Å². The van der Waals surface area contributed by atoms with Gasteiger partial charge in [-0.1, -0.05) is 0 Å². The van der Waals surface area contributed by atoms with Gasteiger partial charge in [0.25, 0.3) is 0 Å². The van der Waals surface area contributed by atoms with Gasteiger partial charge in [-0.15, -0.1) is 0 Å². The first-order valence-electron chi connectivity index (χ1n) is 3.07. The van der Waals surface area contributed by atoms with Crippen LogP contribution < -0.4 is 0 Å². The van der Waals surface area contributed by atoms with Crippen molar-refractivity contribution in [3.05, 3.63) is 12.7 Å². The van der Waals surface area contributed by atoms with E-state index in [4.69, 9.17) is 6.58 Å². The maximum atomic E-state index is 10.4. The summed E-state index contributed by atoms with van der Waals surface area (Å²) >= 11 is 1.22. The summed E-state index contributed by atoms with van der Waals surface area (Å²) in [5.74, 6) is 0.154. The third-order valence-electron chi connectivity index (χ3n) is 0.696. The van der Waals surface area contributed by atoms with Gasteiger partial charge in [-0.3, -0.25) is 0 Å². The van der Waals surface area contributed by atoms with Crippen LogP contribution in [0.3, 0.4) is 0 Å². The number of ether oxygens (including phenoxy) is 1. The van der Waals surface area contributed by atoms with E-state index in [0.717, 1.165) is 3.90 Å². The first kappa shape index (κ1) is 13.5. The average Bonchev–Trinajstić information content (AvgIpc) is 1.90. The van der Waals surface area contributed by atoms with Crippen LogP contribution in [0.25, 0.3) is 0 Å². The first-order valence-corrected chi connectivity index (χ1v) is 4.54. The van der Waals surface area contributed by atoms with Gasteiger partial charge in [0.1, 0.15) is 0 Å². The molecule has 0 amide bonds. The summed E-state index contributed by atoms with van der Waals surface area (Å²) in [5, 5.41) is 0. The van der Waals surface area contributed by atoms with Crippen molar-refractivity contribution in [3.63, 3.8) is 0 Å². The topological polar surface area (TPSA) is 26.3 Å². The summed E-state index contributed by atoms with van der Waals surface area (Å²) in [5.41, 5.74) is 0. The molecule has 0 aromatic carbocycles. The van der Waals surface area contributed by atoms with Gasteiger partial charge >= 0.3 is 59.8 Å². The van der Waals surface area contributed by atoms with Crippen LogP contribution in [0.15, 0.2) is 6.08 Å². The fraction of sp³-hybridized carbons (Fsp3) is 0.500. The molecule has 0 aromatic heterocycles. The summed E-state index contributed by atoms with van der Waals surface area (Å²) < 4.78 is 5.15. The molecular weight excluding hydrogens is 312 g/mol. The van der Waals surface area contributed by atoms with E-state index in [-0.39, 0.29) is 5.78 Å². The number of carbonyl (C=O) groups excluding carboxylic acids is 1. The van der Waals surface area contributed by atoms with E-state index in [1.165, 1.54) is 25.4 Å². The molecule has 0 spiro atoms. The van der Waals surface area contributed by atoms with E-state index in [0.29, 0.717) is 6.42 Å². The Morgan fingerprint density at radius 3 is 2.09 bits per heavy atom. The van der Waals surface area contributed by atoms with E-state index < -0.39 is 0 Å². The van der Waals surface area contributed by atoms with Crippen molar-refractivity contribution >= 4 is 9.68 Å². The number of Topliss-reactive ketones (excluding diaryl/α,β-unsaturated/α-hetero) is 1. The standard InChI is InChI=1S/C6H7O.C2H6O.W/c1-3-4-5-6(2)7;1-3-2;/h1,3H,4H2,2H3;1-2H3;/q-1;;. The van der Waals surface area contributed by atoms with E-state index in [1.54, 1.807) is 21.1 Å². The molecule has 0 atom stereocenters. The Hall–Kier alpha value is -0.0717. The summed E-state index contributed by atoms with van der Waals surface area (Å²) in [6.45, 7) is 6.64. The van der Waals surface area contributed by atoms with Crippen LogP contribution in [0.2, 0.25) is 0 Å². The summed E-state index contributed by atoms with van der Waals surface area (Å²) in [6.07, 6.45) is 2.15. The molecule has 0 aromatic rings. The summed E-state index contributed by atoms with van der Waals surface area (Å²) in [4.78, 5) is 10.4. The van der Waals surface area contributed by atoms with Crippen molar-refractivity contribution in [2.24, 2.45) is 0 Å². The monoisotopic (exact) mass is 325 g/mol. The zero-order chi connectivity index (χ0) is 9.28. The second kappa shape index (κ2) is 9.93. The molecule has 0 radical (unpaired) electrons. The normalized spacial score (nSPS) is 7.55. The Bertz CT molecular complexity index is 141. The van der Waals surface area contributed by atoms with Crippen LogP contribution in [0.1, 0.15) is 13.3 Å². The second-order valence-corrected chi connectivity index (χ2v) is 3.60. The van der Waals surface area contributed by atoms with Crippen LogP contribution in [0, 0.1) is 6.58 Å². The van der Waals surface area contributed by atoms with Crippen molar-refractivity contribution in [2.45, 2.75) is 13.3 Å². The summed E-state index contributed by atoms with van der Waals surface area (Å²) in [6, 6.07) is 0. The van der Waals surface area contributed by atoms with Gasteiger partial charge in [-0.25, -0.2) is 0 Å². The third-order valence-corrected chi connectivity index (χ3v) is 2.33. The Kier molecular flexibility index (Phi) is 12.2. The third kappa shape index (κ3) is 13.0. The first-order chi connectivity index (χ1) is 5.09. The molecule has 0 aliphatic heterocycles. The molecule has 0 unspecified atom stereocenters. The molecule has 0 N–H and O–H groups in total. The Labute approximate surface area is 79.0 Å². The van der Waals surface area contributed by atoms with Gasteiger partial charge in [0.2, 0.25) is 0 Å². The zero-order valence-corrected chi connectivity index (χ0v) is 10.0. The molecule has 0 aliphatic rings. The molecule has 0 bridgehead atoms. The number of hydrogen-bond acceptors (Lipinski definition) is 2. The van der Waals surface area contributed by atoms with Crippen molar-refractivity contribution < 1.29 is 28.9 Å². The Morgan fingerprint density at radius 1 is 1.64 bits per heavy atom. The predicted molar refractivity (Wildman–Crippen MR) is 42.1 cm³/mol. The van der Waals surface area contributed by atoms with Crippen LogP contribution >= 0.6 is 0 Å². The number of carbonyl (C=O) groups is 1. The molecule has 3 heteroatoms. The molecule has 0 aliphatic carbocycles. The Balaban J connectivity index is 0. The van der Waals surface area contributed by atoms with Crippen LogP contribution in [0.4, 0.5) is 0 Å². The van der Waals surface area contributed by atoms with Crippen molar-refractivity contribution in [1.82, 2.24) is 0 Å². The fourth-order valence-electron chi connectivity index (χ4n) is 0.251. The number of allylic oxidation sites excluding steroid dienone is 1. The van der Waals surface area contributed by atoms with Gasteiger partial charge in [-0.05, 0) is 0 Å². The molecule has 0 heterocycles. The number of ketones is 1. The van der Waals surface area contributed by atoms with Crippen LogP contribution in [0.5, 0.6) is 0 Å². The van der Waals surface area contributed by atoms with Gasteiger partial charge < -0.3 is 4.74 Å². The minimum absolute atomic E-state index is 0.154. The molecular formula is C8H13O2W-. The fourth-order valence-corrected chi connectivity index (χ4v) is 0.596. The van der Waals surface area contributed by atoms with E-state index >= 15 is 0 Å². The zero-order valence-electron chi connectivity index (χ0n) is 7.09. The number of hydrogen-bond donors (Lipinski definition) is 0. The molecule has 0 saturated heterocycles. The average molecular weight is 325 g/mol. The van der Waals surface area contributed by atoms with E-state index in [1.807, 2.05) is 0 Å². The molecule has 64 valence electrons. The molecule has 11 heavy (non-hydrogen) atoms. The Morgan fingerprint density at radius 2 is 2.00 bits per heavy atom. The maximum absolute atomic E-state index is 10.4. The van der Waals surface area contributed by atoms with Crippen molar-refractivity contribution in [1.29, 1.82) is 0 Å². The molecule has 0 fully saturated rings. The second-order valence-electron chi connectivity index (χ2n) is 1.83. The van der Waals surface area contributed by atoms with Gasteiger partial charge in [0.05, 0.1) is 0 Å². The van der Waals surface area contributed by atoms with Crippen molar-refractivity contribution in [2.75, 3.05) is 14.2 Å². The minimum atomic E-state index is 0.154. The molecule has 0 saturated carbocycles. The predicted octanol–water partition coefficient (Wildman–Crippen LogP) is 0.936. The molecule has 0 rings (SSSR count). The quantitative estimate of drug-likeness (QED) is 0.722. The van der Waals surface area contributed by atoms with E-state index in [9.17, 15) is 4.79 Å². The summed E-state index contributed by atoms with van der Waals surface area (Å²) in [7, 11) is 3.25. The van der Waals surface area contributed by atoms with Crippen LogP contribution in [-0.2, 0) is 28.9 Å². The number of rotatable bonds is 3. The SMILES string of the molecule is COC.[CH-]=CC[C](=[W])C(C)=O. The van der Waals surface area contributed by atoms with E-state index in [2.05, 4.69) is 4.74 Å². The van der Waals surface area contributed by atoms with Gasteiger partial charge in [-0.2, -0.15) is 0 Å². The number of methoxy groups -OCH3 is 1. The van der Waals surface area contributed by atoms with Crippen LogP contribution in [-0.4, -0.2) is 23.9 Å². The molecule has 2 nitrogen and oxygen atoms in total.